The van der Waals surface area contributed by atoms with Crippen LogP contribution in [0.15, 0.2) is 18.2 Å². The van der Waals surface area contributed by atoms with Crippen LogP contribution in [0.2, 0.25) is 0 Å². The second kappa shape index (κ2) is 5.12. The minimum Gasteiger partial charge on any atom is -0.475 e. The number of Topliss-reactive ketones (excluding diaryl/α,β-unsaturated/α-hetero) is 1. The number of aromatic nitrogens is 1. The number of H-pyrrole nitrogens is 1. The fraction of sp³-hybridized carbons (Fsp3) is 0.154. The van der Waals surface area contributed by atoms with E-state index < -0.39 is 29.1 Å². The number of aromatic amines is 1. The minimum absolute atomic E-state index is 0.0282. The van der Waals surface area contributed by atoms with Gasteiger partial charge in [-0.1, -0.05) is 0 Å². The molecule has 6 nitrogen and oxygen atoms in total. The summed E-state index contributed by atoms with van der Waals surface area (Å²) in [4.78, 5) is 36.9. The van der Waals surface area contributed by atoms with E-state index in [0.717, 1.165) is 12.1 Å². The summed E-state index contributed by atoms with van der Waals surface area (Å²) in [7, 11) is 0. The van der Waals surface area contributed by atoms with Gasteiger partial charge in [-0.2, -0.15) is 0 Å². The summed E-state index contributed by atoms with van der Waals surface area (Å²) in [6.45, 7) is 1.63. The molecule has 2 aromatic rings. The lowest BCUT2D eigenvalue weighted by Crippen LogP contribution is -2.17. The van der Waals surface area contributed by atoms with Crippen molar-refractivity contribution in [1.82, 2.24) is 4.98 Å². The van der Waals surface area contributed by atoms with Crippen LogP contribution in [-0.2, 0) is 9.53 Å². The average Bonchev–Trinajstić information content (AvgIpc) is 2.76. The summed E-state index contributed by atoms with van der Waals surface area (Å²) in [6, 6.07) is 3.43. The smallest absolute Gasteiger partial charge is 0.377 e. The van der Waals surface area contributed by atoms with Gasteiger partial charge in [0.2, 0.25) is 0 Å². The molecule has 0 spiro atoms. The van der Waals surface area contributed by atoms with Gasteiger partial charge in [-0.25, -0.2) is 14.0 Å². The summed E-state index contributed by atoms with van der Waals surface area (Å²) in [6.07, 6.45) is 0. The Morgan fingerprint density at radius 2 is 2.05 bits per heavy atom. The van der Waals surface area contributed by atoms with E-state index >= 15 is 0 Å². The van der Waals surface area contributed by atoms with Gasteiger partial charge in [0.25, 0.3) is 5.78 Å². The second-order valence-electron chi connectivity index (χ2n) is 3.92. The Morgan fingerprint density at radius 3 is 2.65 bits per heavy atom. The van der Waals surface area contributed by atoms with Gasteiger partial charge in [0.15, 0.2) is 0 Å². The van der Waals surface area contributed by atoms with Gasteiger partial charge >= 0.3 is 11.9 Å². The molecular weight excluding hydrogens is 269 g/mol. The zero-order valence-electron chi connectivity index (χ0n) is 10.4. The molecule has 0 aliphatic rings. The molecule has 7 heteroatoms. The van der Waals surface area contributed by atoms with Crippen LogP contribution in [0.5, 0.6) is 0 Å². The van der Waals surface area contributed by atoms with Crippen molar-refractivity contribution in [2.45, 2.75) is 6.92 Å². The third-order valence-electron chi connectivity index (χ3n) is 2.66. The lowest BCUT2D eigenvalue weighted by atomic mass is 10.1. The molecule has 1 aromatic carbocycles. The van der Waals surface area contributed by atoms with E-state index in [0.29, 0.717) is 0 Å². The lowest BCUT2D eigenvalue weighted by molar-refractivity contribution is -0.131. The summed E-state index contributed by atoms with van der Waals surface area (Å²) >= 11 is 0. The van der Waals surface area contributed by atoms with E-state index in [4.69, 9.17) is 9.84 Å². The maximum absolute atomic E-state index is 13.3. The fourth-order valence-electron chi connectivity index (χ4n) is 1.86. The molecule has 0 fully saturated rings. The third kappa shape index (κ3) is 2.25. The first-order valence-electron chi connectivity index (χ1n) is 5.71. The largest absolute Gasteiger partial charge is 0.475 e. The van der Waals surface area contributed by atoms with Crippen molar-refractivity contribution in [2.75, 3.05) is 6.61 Å². The van der Waals surface area contributed by atoms with Gasteiger partial charge < -0.3 is 14.8 Å². The van der Waals surface area contributed by atoms with Gasteiger partial charge in [0.1, 0.15) is 11.5 Å². The van der Waals surface area contributed by atoms with E-state index in [2.05, 4.69) is 4.98 Å². The molecule has 0 radical (unpaired) electrons. The lowest BCUT2D eigenvalue weighted by Gasteiger charge is -2.01. The zero-order valence-corrected chi connectivity index (χ0v) is 10.4. The number of benzene rings is 1. The summed E-state index contributed by atoms with van der Waals surface area (Å²) in [5.41, 5.74) is -0.413. The Morgan fingerprint density at radius 1 is 1.35 bits per heavy atom. The number of carbonyl (C=O) groups is 3. The number of rotatable bonds is 4. The van der Waals surface area contributed by atoms with Gasteiger partial charge in [-0.3, -0.25) is 4.79 Å². The highest BCUT2D eigenvalue weighted by molar-refractivity contribution is 6.43. The SMILES string of the molecule is CCOC(=O)c1[nH]c2ccc(F)cc2c1C(=O)C(=O)O. The Bertz CT molecular complexity index is 719. The highest BCUT2D eigenvalue weighted by Crippen LogP contribution is 2.24. The summed E-state index contributed by atoms with van der Waals surface area (Å²) in [5.74, 6) is -4.55. The van der Waals surface area contributed by atoms with E-state index in [1.807, 2.05) is 0 Å². The van der Waals surface area contributed by atoms with Gasteiger partial charge in [-0.05, 0) is 25.1 Å². The monoisotopic (exact) mass is 279 g/mol. The maximum Gasteiger partial charge on any atom is 0.377 e. The number of hydrogen-bond acceptors (Lipinski definition) is 4. The molecule has 1 aromatic heterocycles. The molecule has 0 bridgehead atoms. The molecule has 0 saturated heterocycles. The first-order chi connectivity index (χ1) is 9.45. The summed E-state index contributed by atoms with van der Waals surface area (Å²) < 4.78 is 18.0. The number of hydrogen-bond donors (Lipinski definition) is 2. The Balaban J connectivity index is 2.73. The number of halogens is 1. The average molecular weight is 279 g/mol. The van der Waals surface area contributed by atoms with Crippen molar-refractivity contribution >= 4 is 28.6 Å². The van der Waals surface area contributed by atoms with E-state index in [-0.39, 0.29) is 23.2 Å². The number of carboxylic acid groups (broad SMARTS) is 1. The van der Waals surface area contributed by atoms with Crippen LogP contribution in [0.1, 0.15) is 27.8 Å². The molecule has 2 N–H and O–H groups in total. The van der Waals surface area contributed by atoms with Gasteiger partial charge in [0.05, 0.1) is 12.2 Å². The number of fused-ring (bicyclic) bond motifs is 1. The Kier molecular flexibility index (Phi) is 3.51. The first kappa shape index (κ1) is 13.7. The van der Waals surface area contributed by atoms with Crippen molar-refractivity contribution in [3.05, 3.63) is 35.3 Å². The number of esters is 1. The minimum atomic E-state index is -1.74. The van der Waals surface area contributed by atoms with Crippen LogP contribution in [0.25, 0.3) is 10.9 Å². The quantitative estimate of drug-likeness (QED) is 0.505. The van der Waals surface area contributed by atoms with Gasteiger partial charge in [0, 0.05) is 10.9 Å². The van der Waals surface area contributed by atoms with Crippen LogP contribution in [0.3, 0.4) is 0 Å². The molecule has 0 saturated carbocycles. The summed E-state index contributed by atoms with van der Waals surface area (Å²) in [5, 5.41) is 8.84. The first-order valence-corrected chi connectivity index (χ1v) is 5.71. The molecule has 0 aliphatic carbocycles. The molecule has 2 rings (SSSR count). The number of ether oxygens (including phenoxy) is 1. The molecular formula is C13H10FNO5. The highest BCUT2D eigenvalue weighted by atomic mass is 19.1. The van der Waals surface area contributed by atoms with Crippen LogP contribution in [0.4, 0.5) is 4.39 Å². The molecule has 0 unspecified atom stereocenters. The zero-order chi connectivity index (χ0) is 14.9. The van der Waals surface area contributed by atoms with Crippen LogP contribution >= 0.6 is 0 Å². The standard InChI is InChI=1S/C13H10FNO5/c1-2-20-13(19)10-9(11(16)12(17)18)7-5-6(14)3-4-8(7)15-10/h3-5,15H,2H2,1H3,(H,17,18). The van der Waals surface area contributed by atoms with Crippen LogP contribution in [0, 0.1) is 5.82 Å². The van der Waals surface area contributed by atoms with Crippen LogP contribution in [-0.4, -0.2) is 34.4 Å². The Hall–Kier alpha value is -2.70. The fourth-order valence-corrected chi connectivity index (χ4v) is 1.86. The number of nitrogens with one attached hydrogen (secondary N) is 1. The Labute approximate surface area is 112 Å². The number of ketones is 1. The molecule has 104 valence electrons. The second-order valence-corrected chi connectivity index (χ2v) is 3.92. The maximum atomic E-state index is 13.3. The van der Waals surface area contributed by atoms with E-state index in [1.165, 1.54) is 6.07 Å². The molecule has 20 heavy (non-hydrogen) atoms. The number of carbonyl (C=O) groups excluding carboxylic acids is 2. The van der Waals surface area contributed by atoms with Crippen molar-refractivity contribution < 1.29 is 28.6 Å². The molecule has 0 atom stereocenters. The topological polar surface area (TPSA) is 96.5 Å². The van der Waals surface area contributed by atoms with E-state index in [1.54, 1.807) is 6.92 Å². The predicted molar refractivity (Wildman–Crippen MR) is 66.2 cm³/mol. The van der Waals surface area contributed by atoms with Crippen molar-refractivity contribution in [3.63, 3.8) is 0 Å². The molecule has 1 heterocycles. The predicted octanol–water partition coefficient (Wildman–Crippen LogP) is 1.75. The number of carboxylic acids is 1. The number of aliphatic carboxylic acids is 1. The van der Waals surface area contributed by atoms with Crippen molar-refractivity contribution in [2.24, 2.45) is 0 Å². The van der Waals surface area contributed by atoms with Crippen LogP contribution < -0.4 is 0 Å². The van der Waals surface area contributed by atoms with Crippen molar-refractivity contribution in [3.8, 4) is 0 Å². The molecule has 0 aliphatic heterocycles. The van der Waals surface area contributed by atoms with Crippen molar-refractivity contribution in [1.29, 1.82) is 0 Å². The van der Waals surface area contributed by atoms with E-state index in [9.17, 15) is 18.8 Å². The highest BCUT2D eigenvalue weighted by Gasteiger charge is 2.28. The van der Waals surface area contributed by atoms with Gasteiger partial charge in [-0.15, -0.1) is 0 Å². The normalized spacial score (nSPS) is 10.5. The third-order valence-corrected chi connectivity index (χ3v) is 2.66. The molecule has 0 amide bonds.